The van der Waals surface area contributed by atoms with Crippen molar-refractivity contribution < 1.29 is 9.53 Å². The minimum absolute atomic E-state index is 0.0544. The Kier molecular flexibility index (Phi) is 5.07. The third-order valence-electron chi connectivity index (χ3n) is 7.36. The molecule has 5 nitrogen and oxygen atoms in total. The molecule has 3 aromatic carbocycles. The molecule has 3 atom stereocenters. The summed E-state index contributed by atoms with van der Waals surface area (Å²) in [5, 5.41) is 0.956. The third-order valence-corrected chi connectivity index (χ3v) is 7.36. The number of hydrogen-bond donors (Lipinski definition) is 1. The number of nitrogens with two attached hydrogens (primary N) is 1. The van der Waals surface area contributed by atoms with Crippen LogP contribution in [0.1, 0.15) is 57.5 Å². The van der Waals surface area contributed by atoms with Crippen LogP contribution in [0.5, 0.6) is 0 Å². The number of rotatable bonds is 3. The molecular formula is C29H27N3O2. The molecule has 0 spiro atoms. The number of ether oxygens (including phenoxy) is 1. The van der Waals surface area contributed by atoms with Crippen molar-refractivity contribution in [3.05, 3.63) is 107 Å². The zero-order chi connectivity index (χ0) is 23.2. The summed E-state index contributed by atoms with van der Waals surface area (Å²) in [6.07, 6.45) is -0.0805. The largest absolute Gasteiger partial charge is 0.383 e. The number of likely N-dealkylation sites (tertiary alicyclic amines) is 1. The summed E-state index contributed by atoms with van der Waals surface area (Å²) in [7, 11) is 0. The maximum Gasteiger partial charge on any atom is 0.253 e. The molecule has 1 aromatic heterocycles. The van der Waals surface area contributed by atoms with Crippen LogP contribution in [0.4, 0.5) is 5.82 Å². The Hall–Kier alpha value is -3.70. The van der Waals surface area contributed by atoms with Crippen LogP contribution in [-0.2, 0) is 11.3 Å². The minimum atomic E-state index is -0.0805. The second-order valence-corrected chi connectivity index (χ2v) is 9.32. The standard InChI is InChI=1S/C29H27N3O2/c1-18-27-25(17-34-18)22-14-21(12-13-26(22)31-28(27)30)29(33)32-15-23(19-8-4-2-5-9-19)24(16-32)20-10-6-3-7-11-20/h2-14,18,23-24H,15-17H2,1H3,(H2,30,31)/t18-,23-,24-/m1/s1. The number of nitrogens with zero attached hydrogens (tertiary/aromatic N) is 2. The van der Waals surface area contributed by atoms with Gasteiger partial charge in [-0.3, -0.25) is 4.79 Å². The van der Waals surface area contributed by atoms with Crippen LogP contribution >= 0.6 is 0 Å². The van der Waals surface area contributed by atoms with E-state index >= 15 is 0 Å². The highest BCUT2D eigenvalue weighted by Gasteiger charge is 2.37. The van der Waals surface area contributed by atoms with Crippen LogP contribution in [0.25, 0.3) is 10.9 Å². The van der Waals surface area contributed by atoms with E-state index in [0.717, 1.165) is 22.0 Å². The molecule has 1 fully saturated rings. The van der Waals surface area contributed by atoms with Crippen molar-refractivity contribution >= 4 is 22.6 Å². The molecule has 2 aliphatic rings. The molecule has 2 N–H and O–H groups in total. The van der Waals surface area contributed by atoms with Gasteiger partial charge in [-0.15, -0.1) is 0 Å². The molecule has 2 aliphatic heterocycles. The molecule has 34 heavy (non-hydrogen) atoms. The smallest absolute Gasteiger partial charge is 0.253 e. The van der Waals surface area contributed by atoms with E-state index in [2.05, 4.69) is 53.5 Å². The molecule has 1 amide bonds. The van der Waals surface area contributed by atoms with Crippen LogP contribution in [0.15, 0.2) is 78.9 Å². The predicted molar refractivity (Wildman–Crippen MR) is 134 cm³/mol. The van der Waals surface area contributed by atoms with Gasteiger partial charge in [0.15, 0.2) is 0 Å². The zero-order valence-corrected chi connectivity index (χ0v) is 19.1. The van der Waals surface area contributed by atoms with Crippen LogP contribution in [0.3, 0.4) is 0 Å². The number of carbonyl (C=O) groups is 1. The lowest BCUT2D eigenvalue weighted by atomic mass is 9.84. The Morgan fingerprint density at radius 1 is 0.941 bits per heavy atom. The summed E-state index contributed by atoms with van der Waals surface area (Å²) in [5.74, 6) is 1.09. The molecule has 4 aromatic rings. The van der Waals surface area contributed by atoms with Crippen LogP contribution in [0.2, 0.25) is 0 Å². The van der Waals surface area contributed by atoms with E-state index in [1.165, 1.54) is 11.1 Å². The van der Waals surface area contributed by atoms with Crippen molar-refractivity contribution in [2.24, 2.45) is 0 Å². The van der Waals surface area contributed by atoms with Crippen LogP contribution < -0.4 is 5.73 Å². The van der Waals surface area contributed by atoms with Gasteiger partial charge in [-0.05, 0) is 41.8 Å². The molecule has 0 unspecified atom stereocenters. The van der Waals surface area contributed by atoms with Crippen molar-refractivity contribution in [1.29, 1.82) is 0 Å². The minimum Gasteiger partial charge on any atom is -0.383 e. The maximum atomic E-state index is 13.7. The van der Waals surface area contributed by atoms with Gasteiger partial charge in [-0.25, -0.2) is 4.98 Å². The van der Waals surface area contributed by atoms with Crippen molar-refractivity contribution in [2.45, 2.75) is 31.5 Å². The van der Waals surface area contributed by atoms with E-state index in [1.807, 2.05) is 42.2 Å². The van der Waals surface area contributed by atoms with Gasteiger partial charge in [0.25, 0.3) is 5.91 Å². The first-order valence-corrected chi connectivity index (χ1v) is 11.8. The van der Waals surface area contributed by atoms with Crippen molar-refractivity contribution in [1.82, 2.24) is 9.88 Å². The number of fused-ring (bicyclic) bond motifs is 3. The number of benzene rings is 3. The summed E-state index contributed by atoms with van der Waals surface area (Å²) in [5.41, 5.74) is 12.2. The monoisotopic (exact) mass is 449 g/mol. The van der Waals surface area contributed by atoms with E-state index in [9.17, 15) is 4.79 Å². The highest BCUT2D eigenvalue weighted by molar-refractivity contribution is 5.99. The molecule has 6 rings (SSSR count). The maximum absolute atomic E-state index is 13.7. The third kappa shape index (κ3) is 3.44. The van der Waals surface area contributed by atoms with Crippen LogP contribution in [-0.4, -0.2) is 28.9 Å². The van der Waals surface area contributed by atoms with E-state index < -0.39 is 0 Å². The Balaban J connectivity index is 1.36. The molecule has 0 radical (unpaired) electrons. The first-order valence-electron chi connectivity index (χ1n) is 11.8. The second-order valence-electron chi connectivity index (χ2n) is 9.32. The lowest BCUT2D eigenvalue weighted by Crippen LogP contribution is -2.28. The highest BCUT2D eigenvalue weighted by atomic mass is 16.5. The van der Waals surface area contributed by atoms with E-state index in [4.69, 9.17) is 10.5 Å². The molecule has 0 aliphatic carbocycles. The Bertz CT molecular complexity index is 1320. The fourth-order valence-corrected chi connectivity index (χ4v) is 5.63. The zero-order valence-electron chi connectivity index (χ0n) is 19.1. The highest BCUT2D eigenvalue weighted by Crippen LogP contribution is 2.41. The Labute approximate surface area is 199 Å². The lowest BCUT2D eigenvalue weighted by molar-refractivity contribution is 0.0787. The summed E-state index contributed by atoms with van der Waals surface area (Å²) in [4.78, 5) is 20.3. The number of anilines is 1. The van der Waals surface area contributed by atoms with Gasteiger partial charge in [0.1, 0.15) is 5.82 Å². The molecular weight excluding hydrogens is 422 g/mol. The molecule has 1 saturated heterocycles. The second kappa shape index (κ2) is 8.26. The molecule has 170 valence electrons. The molecule has 5 heteroatoms. The SMILES string of the molecule is C[C@H]1OCc2c1c(N)nc1ccc(C(=O)N3C[C@H](c4ccccc4)[C@@H](c4ccccc4)C3)cc21. The normalized spacial score (nSPS) is 21.7. The number of nitrogen functional groups attached to an aromatic ring is 1. The van der Waals surface area contributed by atoms with Gasteiger partial charge in [0.05, 0.1) is 18.2 Å². The van der Waals surface area contributed by atoms with Gasteiger partial charge >= 0.3 is 0 Å². The first-order chi connectivity index (χ1) is 16.6. The molecule has 0 saturated carbocycles. The number of aromatic nitrogens is 1. The van der Waals surface area contributed by atoms with E-state index in [-0.39, 0.29) is 23.8 Å². The summed E-state index contributed by atoms with van der Waals surface area (Å²) < 4.78 is 5.82. The van der Waals surface area contributed by atoms with Gasteiger partial charge < -0.3 is 15.4 Å². The summed E-state index contributed by atoms with van der Waals surface area (Å²) >= 11 is 0. The van der Waals surface area contributed by atoms with Gasteiger partial charge in [-0.2, -0.15) is 0 Å². The fraction of sp³-hybridized carbons (Fsp3) is 0.241. The van der Waals surface area contributed by atoms with Crippen molar-refractivity contribution in [2.75, 3.05) is 18.8 Å². The molecule has 0 bridgehead atoms. The average molecular weight is 450 g/mol. The number of amides is 1. The van der Waals surface area contributed by atoms with Crippen molar-refractivity contribution in [3.8, 4) is 0 Å². The number of hydrogen-bond acceptors (Lipinski definition) is 4. The Morgan fingerprint density at radius 2 is 1.56 bits per heavy atom. The van der Waals surface area contributed by atoms with Crippen LogP contribution in [0, 0.1) is 0 Å². The Morgan fingerprint density at radius 3 is 2.18 bits per heavy atom. The quantitative estimate of drug-likeness (QED) is 0.453. The average Bonchev–Trinajstić information content (AvgIpc) is 3.50. The lowest BCUT2D eigenvalue weighted by Gasteiger charge is -2.18. The van der Waals surface area contributed by atoms with Crippen molar-refractivity contribution in [3.63, 3.8) is 0 Å². The van der Waals surface area contributed by atoms with E-state index in [0.29, 0.717) is 31.1 Å². The van der Waals surface area contributed by atoms with Gasteiger partial charge in [0, 0.05) is 41.4 Å². The van der Waals surface area contributed by atoms with E-state index in [1.54, 1.807) is 0 Å². The fourth-order valence-electron chi connectivity index (χ4n) is 5.63. The summed E-state index contributed by atoms with van der Waals surface area (Å²) in [6, 6.07) is 26.8. The topological polar surface area (TPSA) is 68.5 Å². The predicted octanol–water partition coefficient (Wildman–Crippen LogP) is 5.43. The summed E-state index contributed by atoms with van der Waals surface area (Å²) in [6.45, 7) is 3.87. The number of carbonyl (C=O) groups excluding carboxylic acids is 1. The first kappa shape index (κ1) is 20.9. The molecule has 3 heterocycles. The van der Waals surface area contributed by atoms with Gasteiger partial charge in [0.2, 0.25) is 0 Å². The number of pyridine rings is 1. The van der Waals surface area contributed by atoms with Gasteiger partial charge in [-0.1, -0.05) is 60.7 Å².